The maximum absolute atomic E-state index is 11.2. The van der Waals surface area contributed by atoms with Crippen LogP contribution in [0.3, 0.4) is 0 Å². The predicted octanol–water partition coefficient (Wildman–Crippen LogP) is 4.48. The van der Waals surface area contributed by atoms with Gasteiger partial charge in [-0.15, -0.1) is 0 Å². The molecule has 0 aliphatic rings. The Morgan fingerprint density at radius 3 is 1.63 bits per heavy atom. The first-order chi connectivity index (χ1) is 14.2. The fourth-order valence-electron chi connectivity index (χ4n) is 2.96. The van der Waals surface area contributed by atoms with Gasteiger partial charge in [-0.05, 0) is 57.9 Å². The highest BCUT2D eigenvalue weighted by Gasteiger charge is 2.15. The molecule has 156 valence electrons. The van der Waals surface area contributed by atoms with Gasteiger partial charge in [0.1, 0.15) is 6.04 Å². The molecule has 0 radical (unpaired) electrons. The van der Waals surface area contributed by atoms with E-state index in [0.717, 1.165) is 33.6 Å². The normalized spacial score (nSPS) is 11.6. The van der Waals surface area contributed by atoms with E-state index in [1.807, 2.05) is 52.0 Å². The van der Waals surface area contributed by atoms with E-state index < -0.39 is 12.0 Å². The van der Waals surface area contributed by atoms with Crippen molar-refractivity contribution >= 4 is 35.2 Å². The molecule has 8 nitrogen and oxygen atoms in total. The summed E-state index contributed by atoms with van der Waals surface area (Å²) < 4.78 is 0. The smallest absolute Gasteiger partial charge is 0.325 e. The van der Waals surface area contributed by atoms with Gasteiger partial charge in [0, 0.05) is 11.4 Å². The highest BCUT2D eigenvalue weighted by atomic mass is 16.4. The number of nitrogens with zero attached hydrogens (tertiary/aromatic N) is 3. The number of carboxylic acid groups (broad SMARTS) is 1. The van der Waals surface area contributed by atoms with Crippen LogP contribution in [0.5, 0.6) is 0 Å². The first-order valence-corrected chi connectivity index (χ1v) is 9.65. The number of hydrogen-bond donors (Lipinski definition) is 4. The molecule has 4 N–H and O–H groups in total. The van der Waals surface area contributed by atoms with E-state index in [4.69, 9.17) is 0 Å². The lowest BCUT2D eigenvalue weighted by Gasteiger charge is -2.15. The zero-order valence-corrected chi connectivity index (χ0v) is 17.7. The van der Waals surface area contributed by atoms with Gasteiger partial charge in [0.15, 0.2) is 0 Å². The molecule has 0 fully saturated rings. The Bertz CT molecular complexity index is 1010. The van der Waals surface area contributed by atoms with Crippen molar-refractivity contribution in [3.63, 3.8) is 0 Å². The van der Waals surface area contributed by atoms with Crippen LogP contribution in [0, 0.1) is 27.7 Å². The third-order valence-electron chi connectivity index (χ3n) is 4.61. The molecule has 3 aromatic rings. The lowest BCUT2D eigenvalue weighted by molar-refractivity contribution is -0.137. The lowest BCUT2D eigenvalue weighted by Crippen LogP contribution is -2.27. The van der Waals surface area contributed by atoms with Crippen molar-refractivity contribution < 1.29 is 9.90 Å². The van der Waals surface area contributed by atoms with Crippen molar-refractivity contribution in [3.05, 3.63) is 58.7 Å². The van der Waals surface area contributed by atoms with Crippen molar-refractivity contribution in [3.8, 4) is 0 Å². The SMILES string of the molecule is Cc1ccc(Nc2nc(Nc3ccc(C)cc3C)nc(N[C@@H](C)C(=O)O)n2)c(C)c1. The summed E-state index contributed by atoms with van der Waals surface area (Å²) in [5.74, 6) is -0.212. The molecule has 0 aliphatic carbocycles. The number of hydrogen-bond acceptors (Lipinski definition) is 7. The number of carboxylic acids is 1. The van der Waals surface area contributed by atoms with Crippen LogP contribution in [0.15, 0.2) is 36.4 Å². The molecule has 0 saturated carbocycles. The van der Waals surface area contributed by atoms with Crippen molar-refractivity contribution in [2.75, 3.05) is 16.0 Å². The first-order valence-electron chi connectivity index (χ1n) is 9.65. The maximum atomic E-state index is 11.2. The third-order valence-corrected chi connectivity index (χ3v) is 4.61. The van der Waals surface area contributed by atoms with Crippen molar-refractivity contribution in [2.45, 2.75) is 40.7 Å². The van der Waals surface area contributed by atoms with Gasteiger partial charge in [-0.25, -0.2) is 0 Å². The van der Waals surface area contributed by atoms with Gasteiger partial charge in [0.25, 0.3) is 0 Å². The van der Waals surface area contributed by atoms with E-state index in [0.29, 0.717) is 11.9 Å². The average Bonchev–Trinajstić information content (AvgIpc) is 2.66. The van der Waals surface area contributed by atoms with Crippen LogP contribution in [-0.2, 0) is 4.79 Å². The molecular weight excluding hydrogens is 380 g/mol. The standard InChI is InChI=1S/C22H26N6O2/c1-12-6-8-17(14(3)10-12)24-21-26-20(23-16(5)19(29)30)27-22(28-21)25-18-9-7-13(2)11-15(18)4/h6-11,16H,1-5H3,(H,29,30)(H3,23,24,25,26,27,28)/t16-/m0/s1. The fraction of sp³-hybridized carbons (Fsp3) is 0.273. The van der Waals surface area contributed by atoms with Gasteiger partial charge in [-0.3, -0.25) is 4.79 Å². The van der Waals surface area contributed by atoms with Crippen LogP contribution < -0.4 is 16.0 Å². The second-order valence-corrected chi connectivity index (χ2v) is 7.40. The van der Waals surface area contributed by atoms with E-state index >= 15 is 0 Å². The Morgan fingerprint density at radius 1 is 0.800 bits per heavy atom. The molecule has 0 unspecified atom stereocenters. The van der Waals surface area contributed by atoms with Crippen molar-refractivity contribution in [1.29, 1.82) is 0 Å². The quantitative estimate of drug-likeness (QED) is 0.454. The summed E-state index contributed by atoms with van der Waals surface area (Å²) in [6, 6.07) is 11.2. The monoisotopic (exact) mass is 406 g/mol. The number of rotatable bonds is 7. The number of anilines is 5. The van der Waals surface area contributed by atoms with Crippen LogP contribution in [0.4, 0.5) is 29.2 Å². The number of carbonyl (C=O) groups is 1. The molecule has 8 heteroatoms. The molecule has 0 saturated heterocycles. The number of aryl methyl sites for hydroxylation is 4. The van der Waals surface area contributed by atoms with Crippen LogP contribution in [0.1, 0.15) is 29.2 Å². The van der Waals surface area contributed by atoms with E-state index in [2.05, 4.69) is 43.0 Å². The van der Waals surface area contributed by atoms with Crippen LogP contribution in [-0.4, -0.2) is 32.1 Å². The predicted molar refractivity (Wildman–Crippen MR) is 119 cm³/mol. The first kappa shape index (κ1) is 21.0. The summed E-state index contributed by atoms with van der Waals surface area (Å²) in [5.41, 5.74) is 6.13. The summed E-state index contributed by atoms with van der Waals surface area (Å²) in [6.45, 7) is 9.58. The Morgan fingerprint density at radius 2 is 1.23 bits per heavy atom. The molecule has 0 aliphatic heterocycles. The Hall–Kier alpha value is -3.68. The summed E-state index contributed by atoms with van der Waals surface area (Å²) in [4.78, 5) is 24.4. The number of aromatic nitrogens is 3. The molecule has 1 atom stereocenters. The zero-order chi connectivity index (χ0) is 21.8. The minimum absolute atomic E-state index is 0.166. The fourth-order valence-corrected chi connectivity index (χ4v) is 2.96. The van der Waals surface area contributed by atoms with E-state index in [1.165, 1.54) is 6.92 Å². The number of nitrogens with one attached hydrogen (secondary N) is 3. The summed E-state index contributed by atoms with van der Waals surface area (Å²) in [5, 5.41) is 18.4. The Kier molecular flexibility index (Phi) is 6.15. The molecule has 0 amide bonds. The second-order valence-electron chi connectivity index (χ2n) is 7.40. The van der Waals surface area contributed by atoms with Crippen molar-refractivity contribution in [2.24, 2.45) is 0 Å². The lowest BCUT2D eigenvalue weighted by atomic mass is 10.1. The summed E-state index contributed by atoms with van der Waals surface area (Å²) >= 11 is 0. The molecule has 30 heavy (non-hydrogen) atoms. The maximum Gasteiger partial charge on any atom is 0.325 e. The van der Waals surface area contributed by atoms with Crippen molar-refractivity contribution in [1.82, 2.24) is 15.0 Å². The molecule has 1 heterocycles. The van der Waals surface area contributed by atoms with Gasteiger partial charge < -0.3 is 21.1 Å². The van der Waals surface area contributed by atoms with Crippen LogP contribution >= 0.6 is 0 Å². The van der Waals surface area contributed by atoms with Gasteiger partial charge in [-0.2, -0.15) is 15.0 Å². The second kappa shape index (κ2) is 8.77. The van der Waals surface area contributed by atoms with Gasteiger partial charge >= 0.3 is 5.97 Å². The number of benzene rings is 2. The Labute approximate surface area is 175 Å². The molecular formula is C22H26N6O2. The number of aliphatic carboxylic acids is 1. The topological polar surface area (TPSA) is 112 Å². The van der Waals surface area contributed by atoms with E-state index in [9.17, 15) is 9.90 Å². The summed E-state index contributed by atoms with van der Waals surface area (Å²) in [6.07, 6.45) is 0. The minimum Gasteiger partial charge on any atom is -0.480 e. The van der Waals surface area contributed by atoms with Gasteiger partial charge in [0.05, 0.1) is 0 Å². The van der Waals surface area contributed by atoms with Crippen LogP contribution in [0.2, 0.25) is 0 Å². The van der Waals surface area contributed by atoms with Gasteiger partial charge in [-0.1, -0.05) is 35.4 Å². The molecule has 0 spiro atoms. The average molecular weight is 406 g/mol. The van der Waals surface area contributed by atoms with E-state index in [1.54, 1.807) is 0 Å². The highest BCUT2D eigenvalue weighted by molar-refractivity contribution is 5.76. The highest BCUT2D eigenvalue weighted by Crippen LogP contribution is 2.23. The Balaban J connectivity index is 1.96. The van der Waals surface area contributed by atoms with Gasteiger partial charge in [0.2, 0.25) is 17.8 Å². The molecule has 0 bridgehead atoms. The van der Waals surface area contributed by atoms with Crippen LogP contribution in [0.25, 0.3) is 0 Å². The molecule has 2 aromatic carbocycles. The third kappa shape index (κ3) is 5.22. The zero-order valence-electron chi connectivity index (χ0n) is 17.7. The largest absolute Gasteiger partial charge is 0.480 e. The molecule has 1 aromatic heterocycles. The summed E-state index contributed by atoms with van der Waals surface area (Å²) in [7, 11) is 0. The molecule has 3 rings (SSSR count). The minimum atomic E-state index is -0.997. The van der Waals surface area contributed by atoms with E-state index in [-0.39, 0.29) is 5.95 Å².